The molecule has 0 bridgehead atoms. The molecule has 2 rings (SSSR count). The van der Waals surface area contributed by atoms with E-state index in [1.54, 1.807) is 0 Å². The third kappa shape index (κ3) is 2.70. The van der Waals surface area contributed by atoms with Gasteiger partial charge in [0, 0.05) is 15.1 Å². The summed E-state index contributed by atoms with van der Waals surface area (Å²) in [6.07, 6.45) is 0. The van der Waals surface area contributed by atoms with Crippen LogP contribution in [0.1, 0.15) is 9.75 Å². The predicted molar refractivity (Wildman–Crippen MR) is 78.3 cm³/mol. The predicted octanol–water partition coefficient (Wildman–Crippen LogP) is 4.28. The van der Waals surface area contributed by atoms with E-state index in [1.807, 2.05) is 36.8 Å². The summed E-state index contributed by atoms with van der Waals surface area (Å²) in [5, 5.41) is 0.950. The molecule has 1 aromatic carbocycles. The van der Waals surface area contributed by atoms with Gasteiger partial charge in [0.15, 0.2) is 0 Å². The SMILES string of the molecule is Cc1cc(-c2ccc(P(C)(C)=O)cc2)c(C)s1. The molecule has 0 radical (unpaired) electrons. The molecule has 0 saturated carbocycles. The van der Waals surface area contributed by atoms with Crippen LogP contribution in [0.4, 0.5) is 0 Å². The first-order valence-electron chi connectivity index (χ1n) is 5.61. The van der Waals surface area contributed by atoms with Gasteiger partial charge in [-0.05, 0) is 44.4 Å². The van der Waals surface area contributed by atoms with Crippen molar-refractivity contribution in [3.63, 3.8) is 0 Å². The number of hydrogen-bond acceptors (Lipinski definition) is 2. The summed E-state index contributed by atoms with van der Waals surface area (Å²) >= 11 is 1.82. The maximum atomic E-state index is 11.9. The molecule has 17 heavy (non-hydrogen) atoms. The summed E-state index contributed by atoms with van der Waals surface area (Å²) in [4.78, 5) is 2.67. The summed E-state index contributed by atoms with van der Waals surface area (Å²) in [7, 11) is -2.13. The fraction of sp³-hybridized carbons (Fsp3) is 0.286. The van der Waals surface area contributed by atoms with Crippen LogP contribution in [-0.4, -0.2) is 13.3 Å². The Morgan fingerprint density at radius 1 is 1.06 bits per heavy atom. The maximum Gasteiger partial charge on any atom is 0.109 e. The Bertz CT molecular complexity index is 575. The molecule has 1 heterocycles. The number of thiophene rings is 1. The normalized spacial score (nSPS) is 11.8. The minimum absolute atomic E-state index is 0.950. The highest BCUT2D eigenvalue weighted by Crippen LogP contribution is 2.36. The highest BCUT2D eigenvalue weighted by atomic mass is 32.1. The second-order valence-electron chi connectivity index (χ2n) is 4.72. The first kappa shape index (κ1) is 12.6. The Morgan fingerprint density at radius 3 is 2.06 bits per heavy atom. The largest absolute Gasteiger partial charge is 0.319 e. The molecule has 0 N–H and O–H groups in total. The quantitative estimate of drug-likeness (QED) is 0.740. The molecule has 0 atom stereocenters. The van der Waals surface area contributed by atoms with E-state index in [9.17, 15) is 4.57 Å². The zero-order valence-corrected chi connectivity index (χ0v) is 12.4. The zero-order valence-electron chi connectivity index (χ0n) is 10.7. The lowest BCUT2D eigenvalue weighted by molar-refractivity contribution is 0.588. The minimum Gasteiger partial charge on any atom is -0.319 e. The number of aryl methyl sites for hydroxylation is 2. The van der Waals surface area contributed by atoms with E-state index in [0.29, 0.717) is 0 Å². The average Bonchev–Trinajstić information content (AvgIpc) is 2.57. The lowest BCUT2D eigenvalue weighted by atomic mass is 10.1. The van der Waals surface area contributed by atoms with Crippen LogP contribution in [0.15, 0.2) is 30.3 Å². The molecule has 2 aromatic rings. The van der Waals surface area contributed by atoms with Gasteiger partial charge in [-0.3, -0.25) is 0 Å². The fourth-order valence-electron chi connectivity index (χ4n) is 1.92. The van der Waals surface area contributed by atoms with Gasteiger partial charge in [0.05, 0.1) is 0 Å². The van der Waals surface area contributed by atoms with E-state index in [-0.39, 0.29) is 0 Å². The van der Waals surface area contributed by atoms with E-state index < -0.39 is 7.14 Å². The molecule has 3 heteroatoms. The molecule has 0 unspecified atom stereocenters. The van der Waals surface area contributed by atoms with E-state index in [0.717, 1.165) is 5.30 Å². The molecule has 0 saturated heterocycles. The van der Waals surface area contributed by atoms with Crippen molar-refractivity contribution >= 4 is 23.8 Å². The van der Waals surface area contributed by atoms with Gasteiger partial charge >= 0.3 is 0 Å². The van der Waals surface area contributed by atoms with Crippen LogP contribution in [0.5, 0.6) is 0 Å². The highest BCUT2D eigenvalue weighted by molar-refractivity contribution is 7.70. The highest BCUT2D eigenvalue weighted by Gasteiger charge is 2.11. The Hall–Kier alpha value is -0.850. The van der Waals surface area contributed by atoms with Crippen molar-refractivity contribution < 1.29 is 4.57 Å². The topological polar surface area (TPSA) is 17.1 Å². The lowest BCUT2D eigenvalue weighted by Gasteiger charge is -2.07. The van der Waals surface area contributed by atoms with Gasteiger partial charge < -0.3 is 4.57 Å². The summed E-state index contributed by atoms with van der Waals surface area (Å²) < 4.78 is 11.9. The van der Waals surface area contributed by atoms with E-state index in [2.05, 4.69) is 32.0 Å². The van der Waals surface area contributed by atoms with Gasteiger partial charge in [0.2, 0.25) is 0 Å². The van der Waals surface area contributed by atoms with Crippen LogP contribution in [0.25, 0.3) is 11.1 Å². The van der Waals surface area contributed by atoms with Gasteiger partial charge in [0.25, 0.3) is 0 Å². The van der Waals surface area contributed by atoms with E-state index >= 15 is 0 Å². The van der Waals surface area contributed by atoms with Crippen LogP contribution in [-0.2, 0) is 4.57 Å². The third-order valence-electron chi connectivity index (χ3n) is 2.84. The van der Waals surface area contributed by atoms with Crippen molar-refractivity contribution in [3.8, 4) is 11.1 Å². The zero-order chi connectivity index (χ0) is 12.6. The van der Waals surface area contributed by atoms with E-state index in [4.69, 9.17) is 0 Å². The summed E-state index contributed by atoms with van der Waals surface area (Å²) in [6.45, 7) is 7.89. The fourth-order valence-corrected chi connectivity index (χ4v) is 3.73. The summed E-state index contributed by atoms with van der Waals surface area (Å²) in [5.41, 5.74) is 2.50. The molecule has 0 aliphatic rings. The number of hydrogen-bond donors (Lipinski definition) is 0. The van der Waals surface area contributed by atoms with Crippen LogP contribution in [0, 0.1) is 13.8 Å². The van der Waals surface area contributed by atoms with E-state index in [1.165, 1.54) is 20.9 Å². The molecular weight excluding hydrogens is 247 g/mol. The Morgan fingerprint density at radius 2 is 1.65 bits per heavy atom. The number of rotatable bonds is 2. The van der Waals surface area contributed by atoms with Crippen molar-refractivity contribution in [1.29, 1.82) is 0 Å². The summed E-state index contributed by atoms with van der Waals surface area (Å²) in [6, 6.07) is 10.3. The van der Waals surface area contributed by atoms with Crippen molar-refractivity contribution in [2.75, 3.05) is 13.3 Å². The minimum atomic E-state index is -2.13. The monoisotopic (exact) mass is 264 g/mol. The third-order valence-corrected chi connectivity index (χ3v) is 5.35. The van der Waals surface area contributed by atoms with Crippen molar-refractivity contribution in [2.24, 2.45) is 0 Å². The van der Waals surface area contributed by atoms with Gasteiger partial charge in [0.1, 0.15) is 7.14 Å². The van der Waals surface area contributed by atoms with Crippen LogP contribution >= 0.6 is 18.5 Å². The van der Waals surface area contributed by atoms with Crippen LogP contribution in [0.2, 0.25) is 0 Å². The second-order valence-corrected chi connectivity index (χ2v) is 9.40. The van der Waals surface area contributed by atoms with Crippen molar-refractivity contribution in [2.45, 2.75) is 13.8 Å². The standard InChI is InChI=1S/C14H17OPS/c1-10-9-14(11(2)17-10)12-5-7-13(8-6-12)16(3,4)15/h5-9H,1-4H3. The second kappa shape index (κ2) is 4.44. The Kier molecular flexibility index (Phi) is 3.29. The Balaban J connectivity index is 2.43. The van der Waals surface area contributed by atoms with Crippen LogP contribution < -0.4 is 5.30 Å². The maximum absolute atomic E-state index is 11.9. The van der Waals surface area contributed by atoms with Crippen LogP contribution in [0.3, 0.4) is 0 Å². The molecule has 0 spiro atoms. The van der Waals surface area contributed by atoms with Gasteiger partial charge in [-0.25, -0.2) is 0 Å². The van der Waals surface area contributed by atoms with Crippen molar-refractivity contribution in [1.82, 2.24) is 0 Å². The molecule has 0 aliphatic heterocycles. The molecular formula is C14H17OPS. The number of benzene rings is 1. The molecule has 1 aromatic heterocycles. The smallest absolute Gasteiger partial charge is 0.109 e. The summed E-state index contributed by atoms with van der Waals surface area (Å²) in [5.74, 6) is 0. The average molecular weight is 264 g/mol. The van der Waals surface area contributed by atoms with Gasteiger partial charge in [-0.1, -0.05) is 24.3 Å². The molecule has 90 valence electrons. The molecule has 1 nitrogen and oxygen atoms in total. The van der Waals surface area contributed by atoms with Gasteiger partial charge in [-0.15, -0.1) is 11.3 Å². The molecule has 0 amide bonds. The Labute approximate surface area is 107 Å². The first-order valence-corrected chi connectivity index (χ1v) is 9.03. The first-order chi connectivity index (χ1) is 7.88. The lowest BCUT2D eigenvalue weighted by Crippen LogP contribution is -2.01. The van der Waals surface area contributed by atoms with Crippen molar-refractivity contribution in [3.05, 3.63) is 40.1 Å². The molecule has 0 fully saturated rings. The molecule has 0 aliphatic carbocycles. The van der Waals surface area contributed by atoms with Gasteiger partial charge in [-0.2, -0.15) is 0 Å².